The van der Waals surface area contributed by atoms with Gasteiger partial charge in [0.05, 0.1) is 0 Å². The normalized spacial score (nSPS) is 10.5. The maximum atomic E-state index is 11.2. The molecule has 0 spiro atoms. The maximum absolute atomic E-state index is 11.2. The zero-order valence-corrected chi connectivity index (χ0v) is 8.95. The predicted molar refractivity (Wildman–Crippen MR) is 59.1 cm³/mol. The molecule has 0 bridgehead atoms. The van der Waals surface area contributed by atoms with Crippen LogP contribution in [-0.4, -0.2) is 22.6 Å². The molecule has 0 aliphatic rings. The van der Waals surface area contributed by atoms with Gasteiger partial charge in [0.1, 0.15) is 0 Å². The molecule has 0 saturated carbocycles. The minimum Gasteiger partial charge on any atom is -0.315 e. The van der Waals surface area contributed by atoms with E-state index in [0.717, 1.165) is 25.9 Å². The Labute approximate surface area is 88.1 Å². The molecule has 5 nitrogen and oxygen atoms in total. The third kappa shape index (κ3) is 4.12. The van der Waals surface area contributed by atoms with Gasteiger partial charge in [0.25, 0.3) is 5.56 Å². The van der Waals surface area contributed by atoms with Crippen LogP contribution >= 0.6 is 0 Å². The fourth-order valence-electron chi connectivity index (χ4n) is 1.25. The first-order valence-electron chi connectivity index (χ1n) is 5.24. The van der Waals surface area contributed by atoms with Crippen molar-refractivity contribution in [2.45, 2.75) is 26.3 Å². The molecule has 84 valence electrons. The van der Waals surface area contributed by atoms with Crippen molar-refractivity contribution in [3.63, 3.8) is 0 Å². The van der Waals surface area contributed by atoms with Gasteiger partial charge < -0.3 is 5.32 Å². The summed E-state index contributed by atoms with van der Waals surface area (Å²) in [4.78, 5) is 24.2. The van der Waals surface area contributed by atoms with Crippen molar-refractivity contribution in [1.29, 1.82) is 0 Å². The van der Waals surface area contributed by atoms with E-state index in [1.165, 1.54) is 16.8 Å². The third-order valence-corrected chi connectivity index (χ3v) is 2.13. The van der Waals surface area contributed by atoms with Gasteiger partial charge in [-0.05, 0) is 13.0 Å². The molecule has 0 amide bonds. The Morgan fingerprint density at radius 1 is 1.40 bits per heavy atom. The number of aromatic amines is 1. The van der Waals surface area contributed by atoms with Gasteiger partial charge in [-0.2, -0.15) is 0 Å². The molecule has 1 heterocycles. The standard InChI is InChI=1S/C10H17N3O2/c1-2-3-5-11-6-8-13-7-4-9(14)12-10(13)15/h4,7,11H,2-3,5-6,8H2,1H3,(H,12,14,15). The van der Waals surface area contributed by atoms with Gasteiger partial charge in [-0.25, -0.2) is 4.79 Å². The van der Waals surface area contributed by atoms with Crippen LogP contribution in [0.2, 0.25) is 0 Å². The Morgan fingerprint density at radius 2 is 2.20 bits per heavy atom. The lowest BCUT2D eigenvalue weighted by Gasteiger charge is -2.05. The molecule has 0 radical (unpaired) electrons. The second kappa shape index (κ2) is 6.19. The lowest BCUT2D eigenvalue weighted by Crippen LogP contribution is -2.32. The minimum atomic E-state index is -0.352. The van der Waals surface area contributed by atoms with Crippen molar-refractivity contribution >= 4 is 0 Å². The number of hydrogen-bond donors (Lipinski definition) is 2. The summed E-state index contributed by atoms with van der Waals surface area (Å²) in [7, 11) is 0. The van der Waals surface area contributed by atoms with E-state index in [2.05, 4.69) is 17.2 Å². The maximum Gasteiger partial charge on any atom is 0.328 e. The van der Waals surface area contributed by atoms with Gasteiger partial charge in [-0.1, -0.05) is 13.3 Å². The first-order chi connectivity index (χ1) is 7.24. The molecule has 1 rings (SSSR count). The van der Waals surface area contributed by atoms with Gasteiger partial charge >= 0.3 is 5.69 Å². The zero-order valence-electron chi connectivity index (χ0n) is 8.95. The summed E-state index contributed by atoms with van der Waals surface area (Å²) < 4.78 is 1.49. The zero-order chi connectivity index (χ0) is 11.1. The van der Waals surface area contributed by atoms with Crippen molar-refractivity contribution in [1.82, 2.24) is 14.9 Å². The summed E-state index contributed by atoms with van der Waals surface area (Å²) >= 11 is 0. The molecule has 15 heavy (non-hydrogen) atoms. The van der Waals surface area contributed by atoms with Crippen molar-refractivity contribution in [3.05, 3.63) is 33.1 Å². The lowest BCUT2D eigenvalue weighted by atomic mass is 10.3. The molecule has 0 saturated heterocycles. The van der Waals surface area contributed by atoms with Crippen LogP contribution in [0.25, 0.3) is 0 Å². The molecule has 0 aromatic carbocycles. The first kappa shape index (κ1) is 11.7. The van der Waals surface area contributed by atoms with Gasteiger partial charge in [0.15, 0.2) is 0 Å². The van der Waals surface area contributed by atoms with Crippen LogP contribution in [0.15, 0.2) is 21.9 Å². The Hall–Kier alpha value is -1.36. The van der Waals surface area contributed by atoms with Crippen LogP contribution in [0, 0.1) is 0 Å². The molecule has 0 aliphatic carbocycles. The highest BCUT2D eigenvalue weighted by molar-refractivity contribution is 4.82. The van der Waals surface area contributed by atoms with Crippen molar-refractivity contribution in [2.24, 2.45) is 0 Å². The number of aromatic nitrogens is 2. The topological polar surface area (TPSA) is 66.9 Å². The van der Waals surface area contributed by atoms with Crippen LogP contribution < -0.4 is 16.6 Å². The number of rotatable bonds is 6. The molecule has 2 N–H and O–H groups in total. The fourth-order valence-corrected chi connectivity index (χ4v) is 1.25. The van der Waals surface area contributed by atoms with Gasteiger partial charge in [-0.3, -0.25) is 14.3 Å². The molecule has 0 unspecified atom stereocenters. The Kier molecular flexibility index (Phi) is 4.83. The molecule has 1 aromatic rings. The summed E-state index contributed by atoms with van der Waals surface area (Å²) in [6.07, 6.45) is 3.81. The fraction of sp³-hybridized carbons (Fsp3) is 0.600. The number of unbranched alkanes of at least 4 members (excludes halogenated alkanes) is 1. The van der Waals surface area contributed by atoms with Crippen molar-refractivity contribution in [3.8, 4) is 0 Å². The molecule has 5 heteroatoms. The van der Waals surface area contributed by atoms with Crippen LogP contribution in [0.5, 0.6) is 0 Å². The number of nitrogens with one attached hydrogen (secondary N) is 2. The third-order valence-electron chi connectivity index (χ3n) is 2.13. The highest BCUT2D eigenvalue weighted by atomic mass is 16.2. The van der Waals surface area contributed by atoms with Crippen LogP contribution in [-0.2, 0) is 6.54 Å². The minimum absolute atomic E-state index is 0.347. The Bertz CT molecular complexity index is 394. The van der Waals surface area contributed by atoms with E-state index in [0.29, 0.717) is 6.54 Å². The average molecular weight is 211 g/mol. The molecular formula is C10H17N3O2. The largest absolute Gasteiger partial charge is 0.328 e. The van der Waals surface area contributed by atoms with Gasteiger partial charge in [0.2, 0.25) is 0 Å². The smallest absolute Gasteiger partial charge is 0.315 e. The van der Waals surface area contributed by atoms with Crippen LogP contribution in [0.1, 0.15) is 19.8 Å². The summed E-state index contributed by atoms with van der Waals surface area (Å²) in [5, 5.41) is 3.22. The van der Waals surface area contributed by atoms with E-state index < -0.39 is 0 Å². The molecular weight excluding hydrogens is 194 g/mol. The van der Waals surface area contributed by atoms with Gasteiger partial charge in [-0.15, -0.1) is 0 Å². The van der Waals surface area contributed by atoms with E-state index >= 15 is 0 Å². The highest BCUT2D eigenvalue weighted by Gasteiger charge is 1.95. The lowest BCUT2D eigenvalue weighted by molar-refractivity contribution is 0.561. The van der Waals surface area contributed by atoms with Gasteiger partial charge in [0, 0.05) is 25.4 Å². The van der Waals surface area contributed by atoms with Crippen LogP contribution in [0.4, 0.5) is 0 Å². The monoisotopic (exact) mass is 211 g/mol. The van der Waals surface area contributed by atoms with Crippen LogP contribution in [0.3, 0.4) is 0 Å². The summed E-state index contributed by atoms with van der Waals surface area (Å²) in [5.41, 5.74) is -0.699. The first-order valence-corrected chi connectivity index (χ1v) is 5.24. The van der Waals surface area contributed by atoms with E-state index in [9.17, 15) is 9.59 Å². The number of hydrogen-bond acceptors (Lipinski definition) is 3. The summed E-state index contributed by atoms with van der Waals surface area (Å²) in [6, 6.07) is 1.35. The number of H-pyrrole nitrogens is 1. The Morgan fingerprint density at radius 3 is 2.87 bits per heavy atom. The second-order valence-corrected chi connectivity index (χ2v) is 3.41. The van der Waals surface area contributed by atoms with E-state index in [1.807, 2.05) is 0 Å². The van der Waals surface area contributed by atoms with E-state index in [1.54, 1.807) is 0 Å². The summed E-state index contributed by atoms with van der Waals surface area (Å²) in [6.45, 7) is 4.42. The van der Waals surface area contributed by atoms with Crippen molar-refractivity contribution in [2.75, 3.05) is 13.1 Å². The SMILES string of the molecule is CCCCNCCn1ccc(=O)[nH]c1=O. The van der Waals surface area contributed by atoms with E-state index in [4.69, 9.17) is 0 Å². The average Bonchev–Trinajstić information content (AvgIpc) is 2.20. The Balaban J connectivity index is 2.38. The highest BCUT2D eigenvalue weighted by Crippen LogP contribution is 1.82. The van der Waals surface area contributed by atoms with E-state index in [-0.39, 0.29) is 11.2 Å². The predicted octanol–water partition coefficient (Wildman–Crippen LogP) is -0.0737. The second-order valence-electron chi connectivity index (χ2n) is 3.41. The summed E-state index contributed by atoms with van der Waals surface area (Å²) in [5.74, 6) is 0. The molecule has 0 aliphatic heterocycles. The molecule has 1 aromatic heterocycles. The number of nitrogens with zero attached hydrogens (tertiary/aromatic N) is 1. The van der Waals surface area contributed by atoms with Crippen molar-refractivity contribution < 1.29 is 0 Å². The quantitative estimate of drug-likeness (QED) is 0.647. The molecule has 0 fully saturated rings. The molecule has 0 atom stereocenters.